The number of phenolic OH excluding ortho intramolecular Hbond substituents is 1. The first-order valence-corrected chi connectivity index (χ1v) is 12.7. The van der Waals surface area contributed by atoms with Gasteiger partial charge < -0.3 is 28.8 Å². The number of ketones is 1. The van der Waals surface area contributed by atoms with Crippen LogP contribution >= 0.6 is 11.6 Å². The SMILES string of the molecule is CCOc1cc(C2C(C(=O)c3cc4cc(Cl)cc(OC)c4o3)=C(O)C(=O)N2c2cc(C)ccc2O)ccc1OC. The van der Waals surface area contributed by atoms with E-state index in [-0.39, 0.29) is 28.4 Å². The fourth-order valence-electron chi connectivity index (χ4n) is 4.84. The number of aryl methyl sites for hydroxylation is 1. The summed E-state index contributed by atoms with van der Waals surface area (Å²) in [5.74, 6) is -1.55. The van der Waals surface area contributed by atoms with Gasteiger partial charge in [-0.05, 0) is 61.4 Å². The maximum atomic E-state index is 14.0. The van der Waals surface area contributed by atoms with Gasteiger partial charge in [0.05, 0.1) is 38.1 Å². The van der Waals surface area contributed by atoms with Gasteiger partial charge in [0.25, 0.3) is 5.91 Å². The summed E-state index contributed by atoms with van der Waals surface area (Å²) < 4.78 is 22.4. The van der Waals surface area contributed by atoms with Crippen molar-refractivity contribution < 1.29 is 38.4 Å². The zero-order valence-corrected chi connectivity index (χ0v) is 22.9. The summed E-state index contributed by atoms with van der Waals surface area (Å²) in [5, 5.41) is 22.8. The molecule has 4 aromatic rings. The Morgan fingerprint density at radius 3 is 2.45 bits per heavy atom. The number of phenols is 1. The highest BCUT2D eigenvalue weighted by atomic mass is 35.5. The van der Waals surface area contributed by atoms with Crippen molar-refractivity contribution in [3.05, 3.63) is 87.8 Å². The van der Waals surface area contributed by atoms with E-state index in [1.807, 2.05) is 6.92 Å². The van der Waals surface area contributed by atoms with Gasteiger partial charge in [0.2, 0.25) is 5.78 Å². The number of furan rings is 1. The van der Waals surface area contributed by atoms with E-state index in [9.17, 15) is 19.8 Å². The van der Waals surface area contributed by atoms with Crippen LogP contribution in [0.3, 0.4) is 0 Å². The van der Waals surface area contributed by atoms with Crippen LogP contribution < -0.4 is 19.1 Å². The average Bonchev–Trinajstić information content (AvgIpc) is 3.48. The Kier molecular flexibility index (Phi) is 7.08. The van der Waals surface area contributed by atoms with E-state index in [1.165, 1.54) is 31.3 Å². The fourth-order valence-corrected chi connectivity index (χ4v) is 5.06. The highest BCUT2D eigenvalue weighted by Crippen LogP contribution is 2.47. The van der Waals surface area contributed by atoms with Crippen molar-refractivity contribution in [2.75, 3.05) is 25.7 Å². The molecule has 10 heteroatoms. The minimum atomic E-state index is -1.14. The van der Waals surface area contributed by atoms with Crippen molar-refractivity contribution in [1.82, 2.24) is 0 Å². The van der Waals surface area contributed by atoms with E-state index in [1.54, 1.807) is 49.4 Å². The number of aliphatic hydroxyl groups excluding tert-OH is 1. The van der Waals surface area contributed by atoms with Crippen LogP contribution in [0, 0.1) is 6.92 Å². The minimum absolute atomic E-state index is 0.121. The predicted octanol–water partition coefficient (Wildman–Crippen LogP) is 6.30. The molecule has 1 aromatic heterocycles. The number of carbonyl (C=O) groups excluding carboxylic acids is 2. The van der Waals surface area contributed by atoms with E-state index < -0.39 is 23.5 Å². The lowest BCUT2D eigenvalue weighted by Gasteiger charge is -2.28. The quantitative estimate of drug-likeness (QED) is 0.240. The number of hydrogen-bond acceptors (Lipinski definition) is 8. The number of carbonyl (C=O) groups is 2. The molecule has 0 saturated heterocycles. The highest BCUT2D eigenvalue weighted by Gasteiger charge is 2.46. The van der Waals surface area contributed by atoms with Gasteiger partial charge in [-0.15, -0.1) is 0 Å². The number of aromatic hydroxyl groups is 1. The van der Waals surface area contributed by atoms with Gasteiger partial charge in [0.1, 0.15) is 5.75 Å². The van der Waals surface area contributed by atoms with Crippen LogP contribution in [-0.2, 0) is 4.79 Å². The third-order valence-electron chi connectivity index (χ3n) is 6.64. The zero-order chi connectivity index (χ0) is 28.7. The lowest BCUT2D eigenvalue weighted by molar-refractivity contribution is -0.117. The molecule has 0 radical (unpaired) electrons. The lowest BCUT2D eigenvalue weighted by Crippen LogP contribution is -2.31. The third kappa shape index (κ3) is 4.48. The van der Waals surface area contributed by atoms with Gasteiger partial charge in [-0.3, -0.25) is 14.5 Å². The smallest absolute Gasteiger partial charge is 0.294 e. The average molecular weight is 564 g/mol. The summed E-state index contributed by atoms with van der Waals surface area (Å²) >= 11 is 6.19. The van der Waals surface area contributed by atoms with Gasteiger partial charge in [0, 0.05) is 16.5 Å². The lowest BCUT2D eigenvalue weighted by atomic mass is 9.94. The van der Waals surface area contributed by atoms with Crippen molar-refractivity contribution in [1.29, 1.82) is 0 Å². The monoisotopic (exact) mass is 563 g/mol. The summed E-state index contributed by atoms with van der Waals surface area (Å²) in [4.78, 5) is 28.8. The molecule has 0 fully saturated rings. The van der Waals surface area contributed by atoms with Crippen LogP contribution in [-0.4, -0.2) is 42.7 Å². The van der Waals surface area contributed by atoms with Crippen molar-refractivity contribution in [2.24, 2.45) is 0 Å². The van der Waals surface area contributed by atoms with Crippen LogP contribution in [0.4, 0.5) is 5.69 Å². The number of ether oxygens (including phenoxy) is 3. The normalized spacial score (nSPS) is 15.2. The first-order valence-electron chi connectivity index (χ1n) is 12.4. The number of nitrogens with zero attached hydrogens (tertiary/aromatic N) is 1. The molecule has 2 heterocycles. The summed E-state index contributed by atoms with van der Waals surface area (Å²) in [6.45, 7) is 3.94. The molecule has 1 atom stereocenters. The number of benzene rings is 3. The van der Waals surface area contributed by atoms with Crippen molar-refractivity contribution in [2.45, 2.75) is 19.9 Å². The van der Waals surface area contributed by atoms with Crippen LogP contribution in [0.15, 0.2) is 70.3 Å². The Morgan fingerprint density at radius 1 is 1.00 bits per heavy atom. The number of halogens is 1. The second-order valence-electron chi connectivity index (χ2n) is 9.14. The van der Waals surface area contributed by atoms with Crippen LogP contribution in [0.5, 0.6) is 23.0 Å². The minimum Gasteiger partial charge on any atom is -0.506 e. The Hall–Kier alpha value is -4.63. The van der Waals surface area contributed by atoms with Crippen LogP contribution in [0.2, 0.25) is 5.02 Å². The predicted molar refractivity (Wildman–Crippen MR) is 149 cm³/mol. The molecule has 40 heavy (non-hydrogen) atoms. The number of Topliss-reactive ketones (excluding diaryl/α,β-unsaturated/α-hetero) is 1. The van der Waals surface area contributed by atoms with Gasteiger partial charge in [-0.25, -0.2) is 0 Å². The third-order valence-corrected chi connectivity index (χ3v) is 6.86. The molecule has 0 bridgehead atoms. The first-order chi connectivity index (χ1) is 19.2. The molecular weight excluding hydrogens is 538 g/mol. The first kappa shape index (κ1) is 27.0. The summed E-state index contributed by atoms with van der Waals surface area (Å²) in [7, 11) is 2.94. The number of fused-ring (bicyclic) bond motifs is 1. The Morgan fingerprint density at radius 2 is 1.75 bits per heavy atom. The molecule has 5 rings (SSSR count). The van der Waals surface area contributed by atoms with Gasteiger partial charge >= 0.3 is 0 Å². The number of anilines is 1. The van der Waals surface area contributed by atoms with E-state index in [0.717, 1.165) is 5.56 Å². The maximum Gasteiger partial charge on any atom is 0.294 e. The molecular formula is C30H26ClNO8. The number of amides is 1. The van der Waals surface area contributed by atoms with Crippen LogP contribution in [0.1, 0.15) is 34.6 Å². The van der Waals surface area contributed by atoms with E-state index in [0.29, 0.717) is 39.8 Å². The summed E-state index contributed by atoms with van der Waals surface area (Å²) in [6, 6.07) is 13.2. The fraction of sp³-hybridized carbons (Fsp3) is 0.200. The van der Waals surface area contributed by atoms with Crippen molar-refractivity contribution in [3.8, 4) is 23.0 Å². The molecule has 1 aliphatic heterocycles. The molecule has 2 N–H and O–H groups in total. The van der Waals surface area contributed by atoms with Crippen molar-refractivity contribution >= 4 is 39.9 Å². The molecule has 1 unspecified atom stereocenters. The van der Waals surface area contributed by atoms with Crippen LogP contribution in [0.25, 0.3) is 11.0 Å². The summed E-state index contributed by atoms with van der Waals surface area (Å²) in [5.41, 5.74) is 1.36. The Bertz CT molecular complexity index is 1690. The number of aliphatic hydroxyl groups is 1. The Balaban J connectivity index is 1.71. The highest BCUT2D eigenvalue weighted by molar-refractivity contribution is 6.31. The molecule has 1 aliphatic rings. The maximum absolute atomic E-state index is 14.0. The van der Waals surface area contributed by atoms with Gasteiger partial charge in [-0.2, -0.15) is 0 Å². The molecule has 3 aromatic carbocycles. The molecule has 1 amide bonds. The standard InChI is InChI=1S/C30H26ClNO8/c1-5-39-22-12-16(7-9-21(22)37-3)26-25(28(35)30(36)32(26)19-10-15(2)6-8-20(19)33)27(34)23-13-17-11-18(31)14-24(38-4)29(17)40-23/h6-14,26,33,35H,5H2,1-4H3. The number of methoxy groups -OCH3 is 2. The molecule has 0 aliphatic carbocycles. The van der Waals surface area contributed by atoms with Gasteiger partial charge in [0.15, 0.2) is 34.4 Å². The molecule has 0 saturated carbocycles. The summed E-state index contributed by atoms with van der Waals surface area (Å²) in [6.07, 6.45) is 0. The Labute approximate surface area is 234 Å². The van der Waals surface area contributed by atoms with Crippen molar-refractivity contribution in [3.63, 3.8) is 0 Å². The number of hydrogen-bond donors (Lipinski definition) is 2. The zero-order valence-electron chi connectivity index (χ0n) is 22.1. The van der Waals surface area contributed by atoms with E-state index in [2.05, 4.69) is 0 Å². The number of rotatable bonds is 8. The second kappa shape index (κ2) is 10.5. The molecule has 9 nitrogen and oxygen atoms in total. The largest absolute Gasteiger partial charge is 0.506 e. The molecule has 206 valence electrons. The van der Waals surface area contributed by atoms with E-state index >= 15 is 0 Å². The molecule has 0 spiro atoms. The second-order valence-corrected chi connectivity index (χ2v) is 9.58. The van der Waals surface area contributed by atoms with E-state index in [4.69, 9.17) is 30.2 Å². The topological polar surface area (TPSA) is 119 Å². The van der Waals surface area contributed by atoms with Gasteiger partial charge in [-0.1, -0.05) is 23.7 Å².